The number of rotatable bonds is 5. The maximum absolute atomic E-state index is 5.50. The number of thiophene rings is 1. The molecule has 3 nitrogen and oxygen atoms in total. The normalized spacial score (nSPS) is 11.4. The number of nitrogens with one attached hydrogen (secondary N) is 1. The first-order valence-corrected chi connectivity index (χ1v) is 7.17. The summed E-state index contributed by atoms with van der Waals surface area (Å²) in [6.45, 7) is 3.42. The van der Waals surface area contributed by atoms with E-state index >= 15 is 0 Å². The van der Waals surface area contributed by atoms with Gasteiger partial charge in [0, 0.05) is 13.6 Å². The summed E-state index contributed by atoms with van der Waals surface area (Å²) in [4.78, 5) is 5.45. The summed E-state index contributed by atoms with van der Waals surface area (Å²) in [6, 6.07) is 12.2. The third-order valence-electron chi connectivity index (χ3n) is 2.65. The Hall–Kier alpha value is -1.81. The second kappa shape index (κ2) is 6.95. The number of hydrogen-bond donors (Lipinski definition) is 1. The summed E-state index contributed by atoms with van der Waals surface area (Å²) < 4.78 is 5.50. The molecular weight excluding hydrogens is 256 g/mol. The number of ether oxygens (including phenoxy) is 1. The Balaban J connectivity index is 2.00. The monoisotopic (exact) mass is 274 g/mol. The third kappa shape index (κ3) is 3.83. The highest BCUT2D eigenvalue weighted by Crippen LogP contribution is 2.14. The fourth-order valence-corrected chi connectivity index (χ4v) is 2.52. The zero-order chi connectivity index (χ0) is 13.5. The minimum Gasteiger partial charge on any atom is -0.494 e. The minimum atomic E-state index is 0.688. The summed E-state index contributed by atoms with van der Waals surface area (Å²) in [5.41, 5.74) is 1.18. The molecule has 1 aromatic carbocycles. The van der Waals surface area contributed by atoms with E-state index < -0.39 is 0 Å². The molecule has 1 N–H and O–H groups in total. The molecule has 0 fully saturated rings. The number of benzene rings is 1. The number of aliphatic imine (C=N–C) groups is 1. The molecule has 0 aliphatic heterocycles. The van der Waals surface area contributed by atoms with Gasteiger partial charge in [0.1, 0.15) is 11.6 Å². The van der Waals surface area contributed by atoms with Crippen LogP contribution < -0.4 is 10.1 Å². The van der Waals surface area contributed by atoms with E-state index in [4.69, 9.17) is 4.74 Å². The van der Waals surface area contributed by atoms with Gasteiger partial charge >= 0.3 is 0 Å². The first kappa shape index (κ1) is 13.6. The highest BCUT2D eigenvalue weighted by molar-refractivity contribution is 7.12. The van der Waals surface area contributed by atoms with E-state index in [-0.39, 0.29) is 0 Å². The molecule has 0 amide bonds. The lowest BCUT2D eigenvalue weighted by molar-refractivity contribution is 0.340. The van der Waals surface area contributed by atoms with Crippen LogP contribution >= 0.6 is 11.3 Å². The molecule has 100 valence electrons. The minimum absolute atomic E-state index is 0.688. The molecule has 0 unspecified atom stereocenters. The fraction of sp³-hybridized carbons (Fsp3) is 0.267. The van der Waals surface area contributed by atoms with Gasteiger partial charge in [-0.3, -0.25) is 4.99 Å². The van der Waals surface area contributed by atoms with Gasteiger partial charge in [-0.25, -0.2) is 0 Å². The van der Waals surface area contributed by atoms with Crippen molar-refractivity contribution in [2.75, 3.05) is 13.7 Å². The maximum atomic E-state index is 5.50. The highest BCUT2D eigenvalue weighted by Gasteiger charge is 2.03. The molecule has 19 heavy (non-hydrogen) atoms. The second-order valence-electron chi connectivity index (χ2n) is 3.98. The summed E-state index contributed by atoms with van der Waals surface area (Å²) in [5, 5.41) is 5.42. The van der Waals surface area contributed by atoms with Gasteiger partial charge in [0.05, 0.1) is 11.5 Å². The van der Waals surface area contributed by atoms with Crippen LogP contribution in [0.3, 0.4) is 0 Å². The van der Waals surface area contributed by atoms with Crippen molar-refractivity contribution < 1.29 is 4.74 Å². The van der Waals surface area contributed by atoms with E-state index in [0.29, 0.717) is 6.61 Å². The number of nitrogens with zero attached hydrogens (tertiary/aromatic N) is 1. The lowest BCUT2D eigenvalue weighted by Gasteiger charge is -2.09. The van der Waals surface area contributed by atoms with E-state index in [2.05, 4.69) is 33.9 Å². The standard InChI is InChI=1S/C15H18N2OS/c1-3-18-13-7-4-6-12(10-13)11-17-15(16-2)14-8-5-9-19-14/h4-10H,3,11H2,1-2H3,(H,16,17). The number of amidine groups is 1. The zero-order valence-corrected chi connectivity index (χ0v) is 12.0. The Bertz CT molecular complexity index is 535. The highest BCUT2D eigenvalue weighted by atomic mass is 32.1. The predicted molar refractivity (Wildman–Crippen MR) is 81.2 cm³/mol. The molecule has 0 bridgehead atoms. The average molecular weight is 274 g/mol. The van der Waals surface area contributed by atoms with Gasteiger partial charge in [0.25, 0.3) is 0 Å². The van der Waals surface area contributed by atoms with E-state index in [0.717, 1.165) is 23.0 Å². The van der Waals surface area contributed by atoms with Gasteiger partial charge in [-0.1, -0.05) is 18.2 Å². The molecule has 2 aromatic rings. The topological polar surface area (TPSA) is 33.6 Å². The molecule has 0 aliphatic rings. The fourth-order valence-electron chi connectivity index (χ4n) is 1.79. The van der Waals surface area contributed by atoms with Crippen LogP contribution in [0.2, 0.25) is 0 Å². The van der Waals surface area contributed by atoms with Gasteiger partial charge in [0.15, 0.2) is 0 Å². The van der Waals surface area contributed by atoms with Crippen LogP contribution in [0.15, 0.2) is 46.8 Å². The van der Waals surface area contributed by atoms with Crippen molar-refractivity contribution in [1.29, 1.82) is 0 Å². The summed E-state index contributed by atoms with van der Waals surface area (Å²) in [7, 11) is 1.80. The van der Waals surface area contributed by atoms with Crippen molar-refractivity contribution in [3.8, 4) is 5.75 Å². The van der Waals surface area contributed by atoms with Crippen LogP contribution in [0.1, 0.15) is 17.4 Å². The largest absolute Gasteiger partial charge is 0.494 e. The third-order valence-corrected chi connectivity index (χ3v) is 3.52. The summed E-state index contributed by atoms with van der Waals surface area (Å²) >= 11 is 1.68. The van der Waals surface area contributed by atoms with E-state index in [1.54, 1.807) is 18.4 Å². The Morgan fingerprint density at radius 2 is 2.21 bits per heavy atom. The zero-order valence-electron chi connectivity index (χ0n) is 11.2. The SMILES string of the molecule is CCOc1cccc(CNC(=NC)c2cccs2)c1. The molecule has 4 heteroatoms. The average Bonchev–Trinajstić information content (AvgIpc) is 2.94. The van der Waals surface area contributed by atoms with Crippen molar-refractivity contribution in [3.63, 3.8) is 0 Å². The molecular formula is C15H18N2OS. The summed E-state index contributed by atoms with van der Waals surface area (Å²) in [5.74, 6) is 1.84. The van der Waals surface area contributed by atoms with Crippen LogP contribution in [0.4, 0.5) is 0 Å². The summed E-state index contributed by atoms with van der Waals surface area (Å²) in [6.07, 6.45) is 0. The van der Waals surface area contributed by atoms with E-state index in [9.17, 15) is 0 Å². The van der Waals surface area contributed by atoms with Gasteiger partial charge < -0.3 is 10.1 Å². The van der Waals surface area contributed by atoms with Crippen LogP contribution in [-0.4, -0.2) is 19.5 Å². The second-order valence-corrected chi connectivity index (χ2v) is 4.93. The lowest BCUT2D eigenvalue weighted by Crippen LogP contribution is -2.23. The van der Waals surface area contributed by atoms with Crippen LogP contribution in [-0.2, 0) is 6.54 Å². The van der Waals surface area contributed by atoms with Crippen molar-refractivity contribution >= 4 is 17.2 Å². The van der Waals surface area contributed by atoms with Crippen LogP contribution in [0, 0.1) is 0 Å². The number of hydrogen-bond acceptors (Lipinski definition) is 3. The van der Waals surface area contributed by atoms with Crippen molar-refractivity contribution in [2.24, 2.45) is 4.99 Å². The molecule has 2 rings (SSSR count). The van der Waals surface area contributed by atoms with Crippen molar-refractivity contribution in [3.05, 3.63) is 52.2 Å². The molecule has 1 aromatic heterocycles. The van der Waals surface area contributed by atoms with Crippen LogP contribution in [0.25, 0.3) is 0 Å². The Morgan fingerprint density at radius 3 is 2.89 bits per heavy atom. The molecule has 1 heterocycles. The Kier molecular flexibility index (Phi) is 4.98. The Labute approximate surface area is 118 Å². The molecule has 0 saturated heterocycles. The quantitative estimate of drug-likeness (QED) is 0.670. The van der Waals surface area contributed by atoms with E-state index in [1.807, 2.05) is 25.1 Å². The van der Waals surface area contributed by atoms with Crippen molar-refractivity contribution in [1.82, 2.24) is 5.32 Å². The van der Waals surface area contributed by atoms with Gasteiger partial charge in [0.2, 0.25) is 0 Å². The molecule has 0 radical (unpaired) electrons. The lowest BCUT2D eigenvalue weighted by atomic mass is 10.2. The van der Waals surface area contributed by atoms with Gasteiger partial charge in [-0.15, -0.1) is 11.3 Å². The van der Waals surface area contributed by atoms with Gasteiger partial charge in [-0.2, -0.15) is 0 Å². The molecule has 0 aliphatic carbocycles. The maximum Gasteiger partial charge on any atom is 0.138 e. The van der Waals surface area contributed by atoms with Gasteiger partial charge in [-0.05, 0) is 36.1 Å². The molecule has 0 spiro atoms. The molecule has 0 saturated carbocycles. The van der Waals surface area contributed by atoms with Crippen molar-refractivity contribution in [2.45, 2.75) is 13.5 Å². The Morgan fingerprint density at radius 1 is 1.32 bits per heavy atom. The smallest absolute Gasteiger partial charge is 0.138 e. The first-order valence-electron chi connectivity index (χ1n) is 6.29. The van der Waals surface area contributed by atoms with Crippen LogP contribution in [0.5, 0.6) is 5.75 Å². The van der Waals surface area contributed by atoms with E-state index in [1.165, 1.54) is 5.56 Å². The predicted octanol–water partition coefficient (Wildman–Crippen LogP) is 3.31. The first-order chi connectivity index (χ1) is 9.33. The molecule has 0 atom stereocenters.